The van der Waals surface area contributed by atoms with Crippen molar-refractivity contribution >= 4 is 17.9 Å². The van der Waals surface area contributed by atoms with E-state index in [4.69, 9.17) is 9.47 Å². The van der Waals surface area contributed by atoms with Crippen LogP contribution in [-0.2, 0) is 25.5 Å². The first-order valence-electron chi connectivity index (χ1n) is 11.2. The molecule has 0 aromatic heterocycles. The van der Waals surface area contributed by atoms with E-state index in [0.717, 1.165) is 57.4 Å². The molecule has 2 atom stereocenters. The van der Waals surface area contributed by atoms with Crippen LogP contribution in [0.15, 0.2) is 12.1 Å². The van der Waals surface area contributed by atoms with Gasteiger partial charge in [0, 0.05) is 26.3 Å². The second-order valence-electron chi connectivity index (χ2n) is 8.21. The topological polar surface area (TPSA) is 130 Å². The number of hydrogen-bond donors (Lipinski definition) is 3. The van der Waals surface area contributed by atoms with Crippen LogP contribution in [0, 0.1) is 0 Å². The predicted molar refractivity (Wildman–Crippen MR) is 119 cm³/mol. The Hall–Kier alpha value is -2.77. The molecule has 1 aromatic rings. The Morgan fingerprint density at radius 3 is 1.91 bits per heavy atom. The van der Waals surface area contributed by atoms with E-state index in [1.165, 1.54) is 19.9 Å². The van der Waals surface area contributed by atoms with Gasteiger partial charge >= 0.3 is 17.9 Å². The van der Waals surface area contributed by atoms with E-state index >= 15 is 0 Å². The van der Waals surface area contributed by atoms with Crippen molar-refractivity contribution < 1.29 is 39.2 Å². The van der Waals surface area contributed by atoms with Crippen molar-refractivity contribution in [2.75, 3.05) is 0 Å². The Morgan fingerprint density at radius 1 is 0.844 bits per heavy atom. The van der Waals surface area contributed by atoms with Gasteiger partial charge in [0.25, 0.3) is 0 Å². The third-order valence-corrected chi connectivity index (χ3v) is 5.18. The minimum absolute atomic E-state index is 0.0409. The molecule has 0 heterocycles. The summed E-state index contributed by atoms with van der Waals surface area (Å²) in [5.74, 6) is -2.77. The number of ether oxygens (including phenoxy) is 2. The molecule has 0 bridgehead atoms. The van der Waals surface area contributed by atoms with E-state index < -0.39 is 23.8 Å². The van der Waals surface area contributed by atoms with Gasteiger partial charge in [0.15, 0.2) is 0 Å². The van der Waals surface area contributed by atoms with Crippen molar-refractivity contribution in [3.05, 3.63) is 23.3 Å². The summed E-state index contributed by atoms with van der Waals surface area (Å²) in [5.41, 5.74) is -0.0628. The Morgan fingerprint density at radius 2 is 1.38 bits per heavy atom. The van der Waals surface area contributed by atoms with Gasteiger partial charge in [-0.1, -0.05) is 32.1 Å². The molecule has 0 saturated carbocycles. The molecule has 0 fully saturated rings. The quantitative estimate of drug-likeness (QED) is 0.257. The molecule has 32 heavy (non-hydrogen) atoms. The molecule has 0 aliphatic carbocycles. The number of carboxylic acids is 1. The van der Waals surface area contributed by atoms with Crippen molar-refractivity contribution in [1.82, 2.24) is 0 Å². The van der Waals surface area contributed by atoms with Crippen molar-refractivity contribution in [1.29, 1.82) is 0 Å². The smallest absolute Gasteiger partial charge is 0.339 e. The van der Waals surface area contributed by atoms with Crippen molar-refractivity contribution in [2.45, 2.75) is 97.2 Å². The van der Waals surface area contributed by atoms with E-state index in [2.05, 4.69) is 0 Å². The second-order valence-corrected chi connectivity index (χ2v) is 8.21. The lowest BCUT2D eigenvalue weighted by Crippen LogP contribution is -2.20. The van der Waals surface area contributed by atoms with E-state index in [-0.39, 0.29) is 35.4 Å². The van der Waals surface area contributed by atoms with E-state index in [9.17, 15) is 29.7 Å². The van der Waals surface area contributed by atoms with Gasteiger partial charge in [-0.15, -0.1) is 0 Å². The maximum atomic E-state index is 11.5. The summed E-state index contributed by atoms with van der Waals surface area (Å²) in [6.45, 7) is 4.62. The van der Waals surface area contributed by atoms with Crippen molar-refractivity contribution in [2.24, 2.45) is 0 Å². The molecule has 0 amide bonds. The van der Waals surface area contributed by atoms with Crippen LogP contribution in [-0.4, -0.2) is 45.4 Å². The molecule has 8 heteroatoms. The number of carboxylic acid groups (broad SMARTS) is 1. The van der Waals surface area contributed by atoms with Crippen LogP contribution >= 0.6 is 0 Å². The number of phenols is 2. The average Bonchev–Trinajstić information content (AvgIpc) is 2.64. The van der Waals surface area contributed by atoms with Gasteiger partial charge in [0.2, 0.25) is 0 Å². The molecule has 0 aliphatic rings. The first-order chi connectivity index (χ1) is 15.1. The molecule has 180 valence electrons. The second kappa shape index (κ2) is 14.3. The first-order valence-corrected chi connectivity index (χ1v) is 11.2. The van der Waals surface area contributed by atoms with Crippen LogP contribution in [0.25, 0.3) is 0 Å². The number of benzene rings is 1. The minimum Gasteiger partial charge on any atom is -0.508 e. The largest absolute Gasteiger partial charge is 0.508 e. The number of phenolic OH excluding ortho intramolecular Hbond substituents is 1. The molecular formula is C24H36O8. The number of aromatic hydroxyl groups is 2. The molecule has 1 rings (SSSR count). The molecule has 1 aromatic carbocycles. The van der Waals surface area contributed by atoms with Gasteiger partial charge < -0.3 is 24.8 Å². The van der Waals surface area contributed by atoms with Gasteiger partial charge in [0.05, 0.1) is 6.10 Å². The summed E-state index contributed by atoms with van der Waals surface area (Å²) in [6, 6.07) is 2.26. The fourth-order valence-electron chi connectivity index (χ4n) is 3.79. The normalized spacial score (nSPS) is 12.7. The lowest BCUT2D eigenvalue weighted by Gasteiger charge is -2.19. The molecule has 0 unspecified atom stereocenters. The number of unbranched alkanes of at least 4 members (excludes halogenated alkanes) is 6. The Balaban J connectivity index is 2.41. The number of hydrogen-bond acceptors (Lipinski definition) is 7. The average molecular weight is 453 g/mol. The summed E-state index contributed by atoms with van der Waals surface area (Å²) < 4.78 is 10.4. The maximum Gasteiger partial charge on any atom is 0.339 e. The fraction of sp³-hybridized carbons (Fsp3) is 0.625. The van der Waals surface area contributed by atoms with E-state index in [0.29, 0.717) is 6.42 Å². The molecule has 3 N–H and O–H groups in total. The van der Waals surface area contributed by atoms with Gasteiger partial charge in [-0.05, 0) is 44.2 Å². The standard InChI is InChI=1S/C24H36O8/c1-16(31-17(2)25)11-9-7-5-4-6-8-10-12-21(32-18(3)26)14-19-13-20(27)15-22(28)23(19)24(29)30/h13,15-16,21,27-28H,4-12,14H2,1-3H3,(H,29,30)/t16-,21+/m1/s1. The molecule has 8 nitrogen and oxygen atoms in total. The lowest BCUT2D eigenvalue weighted by molar-refractivity contribution is -0.147. The van der Waals surface area contributed by atoms with Crippen LogP contribution in [0.4, 0.5) is 0 Å². The molecular weight excluding hydrogens is 416 g/mol. The Kier molecular flexibility index (Phi) is 12.2. The molecule has 0 saturated heterocycles. The zero-order valence-electron chi connectivity index (χ0n) is 19.3. The van der Waals surface area contributed by atoms with Crippen LogP contribution in [0.5, 0.6) is 11.5 Å². The van der Waals surface area contributed by atoms with Crippen molar-refractivity contribution in [3.8, 4) is 11.5 Å². The third kappa shape index (κ3) is 11.0. The van der Waals surface area contributed by atoms with Gasteiger partial charge in [-0.2, -0.15) is 0 Å². The zero-order valence-corrected chi connectivity index (χ0v) is 19.3. The van der Waals surface area contributed by atoms with Crippen molar-refractivity contribution in [3.63, 3.8) is 0 Å². The summed E-state index contributed by atoms with van der Waals surface area (Å²) in [6.07, 6.45) is 8.06. The highest BCUT2D eigenvalue weighted by atomic mass is 16.5. The van der Waals surface area contributed by atoms with Gasteiger partial charge in [-0.3, -0.25) is 9.59 Å². The Labute approximate surface area is 189 Å². The van der Waals surface area contributed by atoms with Crippen LogP contribution in [0.1, 0.15) is 94.5 Å². The maximum absolute atomic E-state index is 11.5. The highest BCUT2D eigenvalue weighted by Crippen LogP contribution is 2.29. The van der Waals surface area contributed by atoms with Crippen LogP contribution < -0.4 is 0 Å². The van der Waals surface area contributed by atoms with Gasteiger partial charge in [0.1, 0.15) is 23.2 Å². The zero-order chi connectivity index (χ0) is 24.1. The summed E-state index contributed by atoms with van der Waals surface area (Å²) in [5, 5.41) is 29.0. The highest BCUT2D eigenvalue weighted by Gasteiger charge is 2.21. The first kappa shape index (κ1) is 27.3. The number of aromatic carboxylic acids is 1. The van der Waals surface area contributed by atoms with E-state index in [1.807, 2.05) is 6.92 Å². The van der Waals surface area contributed by atoms with E-state index in [1.54, 1.807) is 0 Å². The van der Waals surface area contributed by atoms with Crippen LogP contribution in [0.2, 0.25) is 0 Å². The number of carbonyl (C=O) groups excluding carboxylic acids is 2. The SMILES string of the molecule is CC(=O)O[C@@H](CCCCCCCCC[C@@H](C)OC(C)=O)Cc1cc(O)cc(O)c1C(=O)O. The summed E-state index contributed by atoms with van der Waals surface area (Å²) in [7, 11) is 0. The predicted octanol–water partition coefficient (Wildman–Crippen LogP) is 4.73. The van der Waals surface area contributed by atoms with Gasteiger partial charge in [-0.25, -0.2) is 4.79 Å². The molecule has 0 spiro atoms. The molecule has 0 radical (unpaired) electrons. The highest BCUT2D eigenvalue weighted by molar-refractivity contribution is 5.93. The molecule has 0 aliphatic heterocycles. The minimum atomic E-state index is -1.30. The Bertz CT molecular complexity index is 759. The summed E-state index contributed by atoms with van der Waals surface area (Å²) >= 11 is 0. The monoisotopic (exact) mass is 452 g/mol. The summed E-state index contributed by atoms with van der Waals surface area (Å²) in [4.78, 5) is 33.8. The third-order valence-electron chi connectivity index (χ3n) is 5.18. The fourth-order valence-corrected chi connectivity index (χ4v) is 3.79. The van der Waals surface area contributed by atoms with Crippen LogP contribution in [0.3, 0.4) is 0 Å². The number of esters is 2. The number of rotatable bonds is 15. The number of carbonyl (C=O) groups is 3. The lowest BCUT2D eigenvalue weighted by atomic mass is 9.97.